The number of piperazine rings is 1. The molecule has 164 valence electrons. The minimum absolute atomic E-state index is 0.113. The number of nitrogens with zero attached hydrogens (tertiary/aromatic N) is 4. The lowest BCUT2D eigenvalue weighted by atomic mass is 9.83. The number of imidazole rings is 1. The third kappa shape index (κ3) is 3.41. The van der Waals surface area contributed by atoms with Crippen molar-refractivity contribution in [2.75, 3.05) is 37.6 Å². The molecule has 7 nitrogen and oxygen atoms in total. The van der Waals surface area contributed by atoms with Crippen LogP contribution in [0.3, 0.4) is 0 Å². The molecule has 0 spiro atoms. The van der Waals surface area contributed by atoms with Crippen LogP contribution in [0.1, 0.15) is 37.7 Å². The molecule has 4 aromatic rings. The van der Waals surface area contributed by atoms with Gasteiger partial charge in [-0.25, -0.2) is 9.97 Å². The molecule has 0 atom stereocenters. The first-order valence-electron chi connectivity index (χ1n) is 11.3. The van der Waals surface area contributed by atoms with Crippen LogP contribution in [0.4, 0.5) is 5.82 Å². The quantitative estimate of drug-likeness (QED) is 0.465. The Kier molecular flexibility index (Phi) is 4.77. The van der Waals surface area contributed by atoms with E-state index in [4.69, 9.17) is 4.98 Å². The molecule has 0 radical (unpaired) electrons. The van der Waals surface area contributed by atoms with Crippen molar-refractivity contribution in [1.29, 1.82) is 0 Å². The molecule has 0 bridgehead atoms. The molecule has 1 aliphatic heterocycles. The summed E-state index contributed by atoms with van der Waals surface area (Å²) in [6.45, 7) is 4.71. The summed E-state index contributed by atoms with van der Waals surface area (Å²) in [5.41, 5.74) is 3.17. The van der Waals surface area contributed by atoms with Gasteiger partial charge in [-0.15, -0.1) is 0 Å². The normalized spacial score (nSPS) is 16.2. The molecule has 1 N–H and O–H groups in total. The summed E-state index contributed by atoms with van der Waals surface area (Å²) in [6, 6.07) is 16.6. The average Bonchev–Trinajstić information content (AvgIpc) is 3.30. The van der Waals surface area contributed by atoms with Crippen molar-refractivity contribution in [2.45, 2.75) is 6.42 Å². The van der Waals surface area contributed by atoms with Crippen LogP contribution in [0.15, 0.2) is 60.8 Å². The van der Waals surface area contributed by atoms with Gasteiger partial charge in [-0.3, -0.25) is 14.5 Å². The molecule has 6 rings (SSSR count). The Morgan fingerprint density at radius 2 is 1.58 bits per heavy atom. The zero-order chi connectivity index (χ0) is 22.4. The van der Waals surface area contributed by atoms with Gasteiger partial charge in [0, 0.05) is 62.0 Å². The minimum atomic E-state index is -0.130. The van der Waals surface area contributed by atoms with Crippen molar-refractivity contribution in [3.05, 3.63) is 88.9 Å². The Morgan fingerprint density at radius 1 is 0.818 bits per heavy atom. The van der Waals surface area contributed by atoms with Crippen LogP contribution in [-0.4, -0.2) is 64.1 Å². The Labute approximate surface area is 191 Å². The summed E-state index contributed by atoms with van der Waals surface area (Å²) in [4.78, 5) is 43.5. The molecule has 0 amide bonds. The zero-order valence-corrected chi connectivity index (χ0v) is 18.1. The van der Waals surface area contributed by atoms with E-state index in [1.54, 1.807) is 30.3 Å². The van der Waals surface area contributed by atoms with Gasteiger partial charge < -0.3 is 9.88 Å². The Balaban J connectivity index is 1.19. The monoisotopic (exact) mass is 437 g/mol. The molecular weight excluding hydrogens is 414 g/mol. The Hall–Kier alpha value is -3.84. The van der Waals surface area contributed by atoms with Gasteiger partial charge in [0.25, 0.3) is 0 Å². The fourth-order valence-electron chi connectivity index (χ4n) is 4.83. The molecule has 2 aromatic carbocycles. The predicted octanol–water partition coefficient (Wildman–Crippen LogP) is 3.10. The van der Waals surface area contributed by atoms with Crippen molar-refractivity contribution in [1.82, 2.24) is 19.9 Å². The number of hydrogen-bond donors (Lipinski definition) is 1. The molecule has 1 saturated heterocycles. The first-order chi connectivity index (χ1) is 16.2. The first kappa shape index (κ1) is 19.8. The van der Waals surface area contributed by atoms with E-state index in [1.165, 1.54) is 0 Å². The average molecular weight is 438 g/mol. The van der Waals surface area contributed by atoms with Crippen molar-refractivity contribution >= 4 is 28.4 Å². The van der Waals surface area contributed by atoms with E-state index < -0.39 is 0 Å². The SMILES string of the molecule is O=C1c2ccccc2C(=O)c2c1ccc1[nH]c(CCN3CCN(c4ccccn4)CC3)nc21. The highest BCUT2D eigenvalue weighted by atomic mass is 16.1. The lowest BCUT2D eigenvalue weighted by Crippen LogP contribution is -2.47. The number of benzene rings is 2. The largest absolute Gasteiger partial charge is 0.354 e. The number of ketones is 2. The maximum Gasteiger partial charge on any atom is 0.196 e. The van der Waals surface area contributed by atoms with E-state index in [0.29, 0.717) is 27.8 Å². The van der Waals surface area contributed by atoms with E-state index in [1.807, 2.05) is 24.4 Å². The zero-order valence-electron chi connectivity index (χ0n) is 18.1. The van der Waals surface area contributed by atoms with Gasteiger partial charge in [-0.1, -0.05) is 30.3 Å². The van der Waals surface area contributed by atoms with Gasteiger partial charge >= 0.3 is 0 Å². The molecule has 7 heteroatoms. The highest BCUT2D eigenvalue weighted by Gasteiger charge is 2.32. The summed E-state index contributed by atoms with van der Waals surface area (Å²) < 4.78 is 0. The minimum Gasteiger partial charge on any atom is -0.354 e. The number of aromatic nitrogens is 3. The topological polar surface area (TPSA) is 82.2 Å². The number of nitrogens with one attached hydrogen (secondary N) is 1. The summed E-state index contributed by atoms with van der Waals surface area (Å²) in [5.74, 6) is 1.62. The van der Waals surface area contributed by atoms with Crippen molar-refractivity contribution in [2.24, 2.45) is 0 Å². The smallest absolute Gasteiger partial charge is 0.196 e. The van der Waals surface area contributed by atoms with Crippen molar-refractivity contribution in [3.63, 3.8) is 0 Å². The molecule has 2 aliphatic rings. The maximum atomic E-state index is 13.2. The second kappa shape index (κ2) is 7.94. The van der Waals surface area contributed by atoms with Gasteiger partial charge in [-0.2, -0.15) is 0 Å². The number of aromatic amines is 1. The van der Waals surface area contributed by atoms with Crippen molar-refractivity contribution in [3.8, 4) is 0 Å². The van der Waals surface area contributed by atoms with Gasteiger partial charge in [0.2, 0.25) is 0 Å². The van der Waals surface area contributed by atoms with Crippen LogP contribution < -0.4 is 4.90 Å². The van der Waals surface area contributed by atoms with Crippen LogP contribution in [0, 0.1) is 0 Å². The third-order valence-corrected chi connectivity index (χ3v) is 6.60. The Morgan fingerprint density at radius 3 is 2.33 bits per heavy atom. The second-order valence-electron chi connectivity index (χ2n) is 8.54. The molecule has 2 aromatic heterocycles. The molecule has 33 heavy (non-hydrogen) atoms. The number of pyridine rings is 1. The van der Waals surface area contributed by atoms with Gasteiger partial charge in [0.1, 0.15) is 17.2 Å². The fraction of sp³-hybridized carbons (Fsp3) is 0.231. The standard InChI is InChI=1S/C26H23N5O2/c32-25-17-5-1-2-6-18(17)26(33)23-19(25)8-9-20-24(23)29-21(28-20)10-12-30-13-15-31(16-14-30)22-7-3-4-11-27-22/h1-9,11H,10,12-16H2,(H,28,29). The fourth-order valence-corrected chi connectivity index (χ4v) is 4.83. The van der Waals surface area contributed by atoms with Crippen LogP contribution in [0.5, 0.6) is 0 Å². The number of H-pyrrole nitrogens is 1. The van der Waals surface area contributed by atoms with E-state index in [2.05, 4.69) is 25.8 Å². The number of carbonyl (C=O) groups is 2. The third-order valence-electron chi connectivity index (χ3n) is 6.60. The lowest BCUT2D eigenvalue weighted by molar-refractivity contribution is 0.0980. The maximum absolute atomic E-state index is 13.2. The summed E-state index contributed by atoms with van der Waals surface area (Å²) in [7, 11) is 0. The van der Waals surface area contributed by atoms with Gasteiger partial charge in [0.05, 0.1) is 11.1 Å². The number of rotatable bonds is 4. The van der Waals surface area contributed by atoms with Gasteiger partial charge in [0.15, 0.2) is 11.6 Å². The summed E-state index contributed by atoms with van der Waals surface area (Å²) >= 11 is 0. The van der Waals surface area contributed by atoms with E-state index in [-0.39, 0.29) is 11.6 Å². The molecule has 1 aliphatic carbocycles. The number of fused-ring (bicyclic) bond motifs is 4. The Bertz CT molecular complexity index is 1370. The van der Waals surface area contributed by atoms with Crippen LogP contribution in [0.2, 0.25) is 0 Å². The van der Waals surface area contributed by atoms with Crippen LogP contribution in [0.25, 0.3) is 11.0 Å². The molecule has 0 unspecified atom stereocenters. The first-order valence-corrected chi connectivity index (χ1v) is 11.3. The molecule has 1 fully saturated rings. The van der Waals surface area contributed by atoms with Crippen LogP contribution >= 0.6 is 0 Å². The van der Waals surface area contributed by atoms with E-state index >= 15 is 0 Å². The predicted molar refractivity (Wildman–Crippen MR) is 126 cm³/mol. The number of hydrogen-bond acceptors (Lipinski definition) is 6. The highest BCUT2D eigenvalue weighted by Crippen LogP contribution is 2.31. The van der Waals surface area contributed by atoms with Gasteiger partial charge in [-0.05, 0) is 24.3 Å². The van der Waals surface area contributed by atoms with Crippen molar-refractivity contribution < 1.29 is 9.59 Å². The summed E-state index contributed by atoms with van der Waals surface area (Å²) in [5, 5.41) is 0. The molecular formula is C26H23N5O2. The summed E-state index contributed by atoms with van der Waals surface area (Å²) in [6.07, 6.45) is 2.59. The van der Waals surface area contributed by atoms with E-state index in [0.717, 1.165) is 56.3 Å². The lowest BCUT2D eigenvalue weighted by Gasteiger charge is -2.35. The highest BCUT2D eigenvalue weighted by molar-refractivity contribution is 6.31. The van der Waals surface area contributed by atoms with Crippen LogP contribution in [-0.2, 0) is 6.42 Å². The number of anilines is 1. The molecule has 0 saturated carbocycles. The second-order valence-corrected chi connectivity index (χ2v) is 8.54. The van der Waals surface area contributed by atoms with E-state index in [9.17, 15) is 9.59 Å². The molecule has 3 heterocycles. The number of carbonyl (C=O) groups excluding carboxylic acids is 2.